The van der Waals surface area contributed by atoms with Crippen LogP contribution in [0, 0.1) is 11.8 Å². The van der Waals surface area contributed by atoms with E-state index in [1.165, 1.54) is 25.7 Å². The van der Waals surface area contributed by atoms with Gasteiger partial charge in [0.15, 0.2) is 0 Å². The molecule has 0 unspecified atom stereocenters. The molecule has 0 amide bonds. The maximum atomic E-state index is 4.56. The summed E-state index contributed by atoms with van der Waals surface area (Å²) in [5.41, 5.74) is 0. The summed E-state index contributed by atoms with van der Waals surface area (Å²) in [4.78, 5) is 8.91. The molecule has 0 atom stereocenters. The van der Waals surface area contributed by atoms with Crippen LogP contribution in [0.3, 0.4) is 0 Å². The molecule has 3 rings (SSSR count). The lowest BCUT2D eigenvalue weighted by molar-refractivity contribution is 0.565. The molecule has 0 aliphatic heterocycles. The Hall–Kier alpha value is -0.640. The molecule has 1 heterocycles. The van der Waals surface area contributed by atoms with E-state index in [0.29, 0.717) is 6.04 Å². The largest absolute Gasteiger partial charge is 0.367 e. The Morgan fingerprint density at radius 2 is 1.94 bits per heavy atom. The van der Waals surface area contributed by atoms with Crippen LogP contribution in [-0.4, -0.2) is 16.0 Å². The SMILES string of the molecule is CCc1nc(Br)cc(NC(C2CC2)C2CC2)n1. The number of aryl methyl sites for hydroxylation is 1. The quantitative estimate of drug-likeness (QED) is 0.846. The predicted octanol–water partition coefficient (Wildman–Crippen LogP) is 3.40. The summed E-state index contributed by atoms with van der Waals surface area (Å²) in [7, 11) is 0. The second-order valence-corrected chi connectivity index (χ2v) is 6.00. The van der Waals surface area contributed by atoms with E-state index in [4.69, 9.17) is 0 Å². The highest BCUT2D eigenvalue weighted by atomic mass is 79.9. The molecule has 1 aromatic heterocycles. The lowest BCUT2D eigenvalue weighted by Gasteiger charge is -2.18. The number of nitrogens with zero attached hydrogens (tertiary/aromatic N) is 2. The summed E-state index contributed by atoms with van der Waals surface area (Å²) in [6.07, 6.45) is 6.44. The minimum Gasteiger partial charge on any atom is -0.367 e. The van der Waals surface area contributed by atoms with Crippen molar-refractivity contribution in [1.29, 1.82) is 0 Å². The number of anilines is 1. The van der Waals surface area contributed by atoms with E-state index < -0.39 is 0 Å². The van der Waals surface area contributed by atoms with Crippen LogP contribution in [0.2, 0.25) is 0 Å². The van der Waals surface area contributed by atoms with Crippen molar-refractivity contribution < 1.29 is 0 Å². The summed E-state index contributed by atoms with van der Waals surface area (Å²) < 4.78 is 0.886. The van der Waals surface area contributed by atoms with Crippen LogP contribution >= 0.6 is 15.9 Å². The van der Waals surface area contributed by atoms with Crippen LogP contribution in [-0.2, 0) is 6.42 Å². The first kappa shape index (κ1) is 11.5. The van der Waals surface area contributed by atoms with E-state index >= 15 is 0 Å². The maximum absolute atomic E-state index is 4.56. The maximum Gasteiger partial charge on any atom is 0.131 e. The van der Waals surface area contributed by atoms with Gasteiger partial charge in [-0.1, -0.05) is 6.92 Å². The van der Waals surface area contributed by atoms with Gasteiger partial charge in [0, 0.05) is 18.5 Å². The van der Waals surface area contributed by atoms with Crippen LogP contribution in [0.25, 0.3) is 0 Å². The Bertz CT molecular complexity index is 401. The Morgan fingerprint density at radius 3 is 2.47 bits per heavy atom. The molecule has 4 heteroatoms. The average Bonchev–Trinajstić information content (AvgIpc) is 3.16. The molecule has 0 saturated heterocycles. The van der Waals surface area contributed by atoms with Gasteiger partial charge in [0.25, 0.3) is 0 Å². The topological polar surface area (TPSA) is 37.8 Å². The van der Waals surface area contributed by atoms with Crippen molar-refractivity contribution in [1.82, 2.24) is 9.97 Å². The average molecular weight is 296 g/mol. The number of halogens is 1. The molecular formula is C13H18BrN3. The van der Waals surface area contributed by atoms with Gasteiger partial charge in [0.1, 0.15) is 16.2 Å². The Kier molecular flexibility index (Phi) is 3.07. The third kappa shape index (κ3) is 2.79. The summed E-state index contributed by atoms with van der Waals surface area (Å²) in [6, 6.07) is 2.65. The third-order valence-electron chi connectivity index (χ3n) is 3.63. The van der Waals surface area contributed by atoms with Crippen LogP contribution < -0.4 is 5.32 Å². The molecule has 2 aliphatic rings. The van der Waals surface area contributed by atoms with Crippen molar-refractivity contribution >= 4 is 21.7 Å². The van der Waals surface area contributed by atoms with Gasteiger partial charge in [-0.15, -0.1) is 0 Å². The highest BCUT2D eigenvalue weighted by Crippen LogP contribution is 2.45. The molecule has 2 fully saturated rings. The molecule has 17 heavy (non-hydrogen) atoms. The van der Waals surface area contributed by atoms with Crippen molar-refractivity contribution in [3.63, 3.8) is 0 Å². The standard InChI is InChI=1S/C13H18BrN3/c1-2-11-15-10(14)7-12(16-11)17-13(8-3-4-8)9-5-6-9/h7-9,13H,2-6H2,1H3,(H,15,16,17). The van der Waals surface area contributed by atoms with E-state index in [0.717, 1.165) is 34.5 Å². The Balaban J connectivity index is 1.76. The fourth-order valence-corrected chi connectivity index (χ4v) is 2.82. The smallest absolute Gasteiger partial charge is 0.131 e. The van der Waals surface area contributed by atoms with Crippen LogP contribution in [0.4, 0.5) is 5.82 Å². The van der Waals surface area contributed by atoms with Gasteiger partial charge in [0.2, 0.25) is 0 Å². The number of aromatic nitrogens is 2. The summed E-state index contributed by atoms with van der Waals surface area (Å²) in [5, 5.41) is 3.64. The zero-order valence-electron chi connectivity index (χ0n) is 10.1. The van der Waals surface area contributed by atoms with Crippen molar-refractivity contribution in [2.24, 2.45) is 11.8 Å². The summed E-state index contributed by atoms with van der Waals surface area (Å²) >= 11 is 3.46. The van der Waals surface area contributed by atoms with E-state index in [1.807, 2.05) is 6.07 Å². The molecule has 0 bridgehead atoms. The first-order valence-corrected chi connectivity index (χ1v) is 7.35. The van der Waals surface area contributed by atoms with Crippen LogP contribution in [0.5, 0.6) is 0 Å². The number of hydrogen-bond donors (Lipinski definition) is 1. The predicted molar refractivity (Wildman–Crippen MR) is 72.0 cm³/mol. The first-order chi connectivity index (χ1) is 8.26. The van der Waals surface area contributed by atoms with Crippen LogP contribution in [0.15, 0.2) is 10.7 Å². The number of rotatable bonds is 5. The van der Waals surface area contributed by atoms with Gasteiger partial charge < -0.3 is 5.32 Å². The zero-order valence-corrected chi connectivity index (χ0v) is 11.7. The third-order valence-corrected chi connectivity index (χ3v) is 4.04. The molecule has 3 nitrogen and oxygen atoms in total. The summed E-state index contributed by atoms with van der Waals surface area (Å²) in [6.45, 7) is 2.09. The summed E-state index contributed by atoms with van der Waals surface area (Å²) in [5.74, 6) is 3.68. The minimum absolute atomic E-state index is 0.654. The molecule has 0 radical (unpaired) electrons. The number of nitrogens with one attached hydrogen (secondary N) is 1. The normalized spacial score (nSPS) is 19.7. The molecule has 2 saturated carbocycles. The number of hydrogen-bond acceptors (Lipinski definition) is 3. The van der Waals surface area contributed by atoms with Crippen molar-refractivity contribution in [3.05, 3.63) is 16.5 Å². The first-order valence-electron chi connectivity index (χ1n) is 6.56. The fraction of sp³-hybridized carbons (Fsp3) is 0.692. The van der Waals surface area contributed by atoms with Crippen LogP contribution in [0.1, 0.15) is 38.4 Å². The van der Waals surface area contributed by atoms with Gasteiger partial charge in [-0.2, -0.15) is 0 Å². The molecular weight excluding hydrogens is 278 g/mol. The van der Waals surface area contributed by atoms with E-state index in [-0.39, 0.29) is 0 Å². The fourth-order valence-electron chi connectivity index (χ4n) is 2.40. The second-order valence-electron chi connectivity index (χ2n) is 5.19. The van der Waals surface area contributed by atoms with Gasteiger partial charge in [-0.25, -0.2) is 9.97 Å². The Morgan fingerprint density at radius 1 is 1.29 bits per heavy atom. The zero-order chi connectivity index (χ0) is 11.8. The molecule has 0 aromatic carbocycles. The molecule has 92 valence electrons. The van der Waals surface area contributed by atoms with Crippen molar-refractivity contribution in [2.45, 2.75) is 45.1 Å². The van der Waals surface area contributed by atoms with Gasteiger partial charge >= 0.3 is 0 Å². The van der Waals surface area contributed by atoms with Gasteiger partial charge in [-0.3, -0.25) is 0 Å². The van der Waals surface area contributed by atoms with Crippen molar-refractivity contribution in [2.75, 3.05) is 5.32 Å². The highest BCUT2D eigenvalue weighted by Gasteiger charge is 2.41. The van der Waals surface area contributed by atoms with E-state index in [9.17, 15) is 0 Å². The monoisotopic (exact) mass is 295 g/mol. The van der Waals surface area contributed by atoms with Crippen molar-refractivity contribution in [3.8, 4) is 0 Å². The minimum atomic E-state index is 0.654. The highest BCUT2D eigenvalue weighted by molar-refractivity contribution is 9.10. The van der Waals surface area contributed by atoms with E-state index in [1.54, 1.807) is 0 Å². The Labute approximate surface area is 111 Å². The molecule has 1 N–H and O–H groups in total. The molecule has 1 aromatic rings. The molecule has 2 aliphatic carbocycles. The lowest BCUT2D eigenvalue weighted by atomic mass is 10.1. The second kappa shape index (κ2) is 4.56. The van der Waals surface area contributed by atoms with Gasteiger partial charge in [0.05, 0.1) is 0 Å². The van der Waals surface area contributed by atoms with Gasteiger partial charge in [-0.05, 0) is 53.4 Å². The van der Waals surface area contributed by atoms with E-state index in [2.05, 4.69) is 38.1 Å². The molecule has 0 spiro atoms. The lowest BCUT2D eigenvalue weighted by Crippen LogP contribution is -2.25.